The predicted octanol–water partition coefficient (Wildman–Crippen LogP) is 2.67. The zero-order valence-electron chi connectivity index (χ0n) is 12.5. The zero-order chi connectivity index (χ0) is 19.2. The van der Waals surface area contributed by atoms with Crippen LogP contribution in [0.2, 0.25) is 0 Å². The van der Waals surface area contributed by atoms with Crippen molar-refractivity contribution in [3.05, 3.63) is 28.3 Å². The standard InChI is InChI=1S/C12H12Cl3FN4O4S/c1-24-8-3-2-6(4-7(8)20(22)23)17-11(25)19-10(12(13,14)15)18-9(21)5-16/h2-4,10H,5H2,1H3,(H,18,21)(H2,17,19,25)/t10-/m0/s1. The van der Waals surface area contributed by atoms with E-state index in [4.69, 9.17) is 51.8 Å². The summed E-state index contributed by atoms with van der Waals surface area (Å²) < 4.78 is 15.2. The number of methoxy groups -OCH3 is 1. The van der Waals surface area contributed by atoms with Gasteiger partial charge in [-0.2, -0.15) is 0 Å². The molecule has 1 atom stereocenters. The first kappa shape index (κ1) is 21.4. The lowest BCUT2D eigenvalue weighted by molar-refractivity contribution is -0.385. The van der Waals surface area contributed by atoms with E-state index in [-0.39, 0.29) is 22.2 Å². The molecule has 8 nitrogen and oxygen atoms in total. The maximum absolute atomic E-state index is 12.3. The van der Waals surface area contributed by atoms with Crippen molar-refractivity contribution in [2.24, 2.45) is 0 Å². The fraction of sp³-hybridized carbons (Fsp3) is 0.333. The molecular formula is C12H12Cl3FN4O4S. The van der Waals surface area contributed by atoms with Crippen LogP contribution in [-0.4, -0.2) is 39.7 Å². The van der Waals surface area contributed by atoms with E-state index in [0.29, 0.717) is 0 Å². The number of hydrogen-bond acceptors (Lipinski definition) is 5. The number of benzene rings is 1. The van der Waals surface area contributed by atoms with E-state index in [2.05, 4.69) is 16.0 Å². The van der Waals surface area contributed by atoms with Crippen molar-refractivity contribution in [3.8, 4) is 5.75 Å². The second-order valence-electron chi connectivity index (χ2n) is 4.42. The van der Waals surface area contributed by atoms with Gasteiger partial charge in [0.2, 0.25) is 3.79 Å². The summed E-state index contributed by atoms with van der Waals surface area (Å²) in [5, 5.41) is 18.1. The summed E-state index contributed by atoms with van der Waals surface area (Å²) in [5.41, 5.74) is -0.0520. The van der Waals surface area contributed by atoms with Gasteiger partial charge in [0.15, 0.2) is 17.5 Å². The van der Waals surface area contributed by atoms with Crippen molar-refractivity contribution in [1.29, 1.82) is 0 Å². The molecular weight excluding hydrogens is 422 g/mol. The number of nitrogens with zero attached hydrogens (tertiary/aromatic N) is 1. The van der Waals surface area contributed by atoms with Gasteiger partial charge in [0.05, 0.1) is 12.0 Å². The third-order valence-corrected chi connectivity index (χ3v) is 3.54. The molecule has 0 aliphatic rings. The second-order valence-corrected chi connectivity index (χ2v) is 7.20. The molecule has 0 radical (unpaired) electrons. The summed E-state index contributed by atoms with van der Waals surface area (Å²) in [6.45, 7) is -1.32. The molecule has 1 aromatic carbocycles. The van der Waals surface area contributed by atoms with Crippen molar-refractivity contribution in [2.45, 2.75) is 9.96 Å². The topological polar surface area (TPSA) is 106 Å². The van der Waals surface area contributed by atoms with Crippen LogP contribution in [0.25, 0.3) is 0 Å². The van der Waals surface area contributed by atoms with E-state index in [9.17, 15) is 19.3 Å². The fourth-order valence-corrected chi connectivity index (χ4v) is 2.17. The van der Waals surface area contributed by atoms with Crippen molar-refractivity contribution < 1.29 is 18.8 Å². The van der Waals surface area contributed by atoms with Gasteiger partial charge in [-0.1, -0.05) is 34.8 Å². The molecule has 0 fully saturated rings. The molecule has 1 amide bonds. The van der Waals surface area contributed by atoms with E-state index < -0.39 is 27.5 Å². The van der Waals surface area contributed by atoms with Crippen molar-refractivity contribution in [3.63, 3.8) is 0 Å². The lowest BCUT2D eigenvalue weighted by Crippen LogP contribution is -2.56. The molecule has 0 spiro atoms. The first-order valence-electron chi connectivity index (χ1n) is 6.40. The van der Waals surface area contributed by atoms with Crippen LogP contribution in [-0.2, 0) is 4.79 Å². The minimum absolute atomic E-state index is 0.0591. The predicted molar refractivity (Wildman–Crippen MR) is 97.2 cm³/mol. The Morgan fingerprint density at radius 2 is 2.08 bits per heavy atom. The number of rotatable bonds is 6. The lowest BCUT2D eigenvalue weighted by atomic mass is 10.2. The van der Waals surface area contributed by atoms with Crippen LogP contribution in [0.15, 0.2) is 18.2 Å². The molecule has 3 N–H and O–H groups in total. The molecule has 1 rings (SSSR count). The van der Waals surface area contributed by atoms with Gasteiger partial charge in [-0.3, -0.25) is 14.9 Å². The Morgan fingerprint density at radius 3 is 2.56 bits per heavy atom. The normalized spacial score (nSPS) is 12.0. The summed E-state index contributed by atoms with van der Waals surface area (Å²) in [4.78, 5) is 21.5. The smallest absolute Gasteiger partial charge is 0.312 e. The average Bonchev–Trinajstić information content (AvgIpc) is 2.52. The maximum Gasteiger partial charge on any atom is 0.312 e. The largest absolute Gasteiger partial charge is 0.490 e. The number of anilines is 1. The second kappa shape index (κ2) is 9.18. The molecule has 0 bridgehead atoms. The third-order valence-electron chi connectivity index (χ3n) is 2.66. The van der Waals surface area contributed by atoms with Crippen LogP contribution in [0.5, 0.6) is 5.75 Å². The minimum atomic E-state index is -2.04. The monoisotopic (exact) mass is 432 g/mol. The molecule has 0 aliphatic heterocycles. The van der Waals surface area contributed by atoms with E-state index in [1.165, 1.54) is 25.3 Å². The van der Waals surface area contributed by atoms with Gasteiger partial charge in [-0.05, 0) is 24.4 Å². The molecule has 25 heavy (non-hydrogen) atoms. The highest BCUT2D eigenvalue weighted by molar-refractivity contribution is 7.80. The van der Waals surface area contributed by atoms with E-state index >= 15 is 0 Å². The van der Waals surface area contributed by atoms with Crippen LogP contribution in [0.4, 0.5) is 15.8 Å². The Morgan fingerprint density at radius 1 is 1.44 bits per heavy atom. The van der Waals surface area contributed by atoms with Gasteiger partial charge in [0, 0.05) is 11.8 Å². The van der Waals surface area contributed by atoms with Gasteiger partial charge in [0.25, 0.3) is 5.91 Å². The number of carbonyl (C=O) groups is 1. The van der Waals surface area contributed by atoms with Gasteiger partial charge in [-0.25, -0.2) is 4.39 Å². The lowest BCUT2D eigenvalue weighted by Gasteiger charge is -2.27. The number of nitrogens with one attached hydrogen (secondary N) is 3. The van der Waals surface area contributed by atoms with Gasteiger partial charge < -0.3 is 20.7 Å². The average molecular weight is 434 g/mol. The molecule has 0 saturated carbocycles. The summed E-state index contributed by atoms with van der Waals surface area (Å²) in [7, 11) is 1.29. The quantitative estimate of drug-likeness (QED) is 0.208. The first-order chi connectivity index (χ1) is 11.6. The van der Waals surface area contributed by atoms with Crippen molar-refractivity contribution in [2.75, 3.05) is 19.1 Å². The van der Waals surface area contributed by atoms with Gasteiger partial charge in [-0.15, -0.1) is 0 Å². The number of carbonyl (C=O) groups excluding carboxylic acids is 1. The Labute approximate surface area is 162 Å². The van der Waals surface area contributed by atoms with Crippen molar-refractivity contribution >= 4 is 69.4 Å². The maximum atomic E-state index is 12.3. The highest BCUT2D eigenvalue weighted by Gasteiger charge is 2.34. The Hall–Kier alpha value is -1.62. The summed E-state index contributed by atoms with van der Waals surface area (Å²) in [6.07, 6.45) is -1.34. The summed E-state index contributed by atoms with van der Waals surface area (Å²) in [5.74, 6) is -0.962. The molecule has 0 saturated heterocycles. The number of thiocarbonyl (C=S) groups is 1. The minimum Gasteiger partial charge on any atom is -0.490 e. The Balaban J connectivity index is 2.88. The number of nitro groups is 1. The fourth-order valence-electron chi connectivity index (χ4n) is 1.61. The molecule has 1 aromatic rings. The number of nitro benzene ring substituents is 1. The molecule has 13 heteroatoms. The van der Waals surface area contributed by atoms with Crippen LogP contribution >= 0.6 is 47.0 Å². The third kappa shape index (κ3) is 6.65. The van der Waals surface area contributed by atoms with Crippen LogP contribution in [0.1, 0.15) is 0 Å². The number of amides is 1. The molecule has 0 aliphatic carbocycles. The number of halogens is 4. The van der Waals surface area contributed by atoms with E-state index in [1.807, 2.05) is 0 Å². The first-order valence-corrected chi connectivity index (χ1v) is 7.94. The molecule has 0 aromatic heterocycles. The van der Waals surface area contributed by atoms with Crippen LogP contribution < -0.4 is 20.7 Å². The molecule has 138 valence electrons. The van der Waals surface area contributed by atoms with Crippen LogP contribution in [0.3, 0.4) is 0 Å². The Bertz CT molecular complexity index is 674. The number of ether oxygens (including phenoxy) is 1. The number of hydrogen-bond donors (Lipinski definition) is 3. The molecule has 0 heterocycles. The summed E-state index contributed by atoms with van der Waals surface area (Å²) in [6, 6.07) is 4.00. The SMILES string of the molecule is COc1ccc(NC(=S)N[C@H](NC(=O)CF)C(Cl)(Cl)Cl)cc1[N+](=O)[O-]. The van der Waals surface area contributed by atoms with E-state index in [1.54, 1.807) is 0 Å². The highest BCUT2D eigenvalue weighted by Crippen LogP contribution is 2.30. The number of alkyl halides is 4. The van der Waals surface area contributed by atoms with Crippen LogP contribution in [0, 0.1) is 10.1 Å². The highest BCUT2D eigenvalue weighted by atomic mass is 35.6. The zero-order valence-corrected chi connectivity index (χ0v) is 15.6. The van der Waals surface area contributed by atoms with Crippen molar-refractivity contribution in [1.82, 2.24) is 10.6 Å². The van der Waals surface area contributed by atoms with Gasteiger partial charge >= 0.3 is 5.69 Å². The van der Waals surface area contributed by atoms with Gasteiger partial charge in [0.1, 0.15) is 6.17 Å². The Kier molecular flexibility index (Phi) is 7.87. The molecule has 0 unspecified atom stereocenters. The summed E-state index contributed by atoms with van der Waals surface area (Å²) >= 11 is 22.1. The van der Waals surface area contributed by atoms with E-state index in [0.717, 1.165) is 0 Å².